The van der Waals surface area contributed by atoms with Crippen molar-refractivity contribution in [1.82, 2.24) is 10.6 Å². The van der Waals surface area contributed by atoms with Crippen molar-refractivity contribution in [3.63, 3.8) is 0 Å². The van der Waals surface area contributed by atoms with E-state index in [0.717, 1.165) is 65.6 Å². The first kappa shape index (κ1) is 42.1. The number of carbonyl (C=O) groups excluding carboxylic acids is 4. The van der Waals surface area contributed by atoms with Crippen LogP contribution in [0.3, 0.4) is 0 Å². The molecule has 4 amide bonds. The molecule has 0 spiro atoms. The summed E-state index contributed by atoms with van der Waals surface area (Å²) in [4.78, 5) is 49.1. The van der Waals surface area contributed by atoms with Crippen LogP contribution in [0.25, 0.3) is 28.4 Å². The molecule has 4 aromatic carbocycles. The zero-order valence-electron chi connectivity index (χ0n) is 31.2. The average molecular weight is 826 g/mol. The number of para-hydroxylation sites is 2. The van der Waals surface area contributed by atoms with Crippen molar-refractivity contribution < 1.29 is 23.7 Å². The Balaban J connectivity index is 0.961. The van der Waals surface area contributed by atoms with Gasteiger partial charge in [0.1, 0.15) is 4.70 Å². The number of nitrogens with one attached hydrogen (secondary N) is 5. The van der Waals surface area contributed by atoms with Crippen molar-refractivity contribution in [2.75, 3.05) is 52.8 Å². The van der Waals surface area contributed by atoms with Gasteiger partial charge in [-0.25, -0.2) is 0 Å². The Morgan fingerprint density at radius 1 is 0.679 bits per heavy atom. The normalized spacial score (nSPS) is 11.2. The average Bonchev–Trinajstić information content (AvgIpc) is 3.53. The molecule has 5 aromatic rings. The van der Waals surface area contributed by atoms with Crippen LogP contribution in [0, 0.1) is 0 Å². The zero-order valence-corrected chi connectivity index (χ0v) is 34.5. The van der Waals surface area contributed by atoms with Gasteiger partial charge in [0.15, 0.2) is 0 Å². The number of carbonyl (C=O) groups is 4. The second-order valence-corrected chi connectivity index (χ2v) is 17.2. The van der Waals surface area contributed by atoms with Gasteiger partial charge in [-0.1, -0.05) is 93.6 Å². The molecule has 0 fully saturated rings. The topological polar surface area (TPSA) is 132 Å². The van der Waals surface area contributed by atoms with Crippen LogP contribution < -0.4 is 31.2 Å². The molecule has 10 nitrogen and oxygen atoms in total. The summed E-state index contributed by atoms with van der Waals surface area (Å²) in [6.45, 7) is 4.46. The highest BCUT2D eigenvalue weighted by atomic mass is 33.1. The molecule has 0 aliphatic heterocycles. The summed E-state index contributed by atoms with van der Waals surface area (Å²) in [7, 11) is 3.33. The van der Waals surface area contributed by atoms with Crippen LogP contribution >= 0.6 is 44.7 Å². The molecule has 0 unspecified atom stereocenters. The van der Waals surface area contributed by atoms with Gasteiger partial charge in [-0.05, 0) is 59.7 Å². The fraction of sp³-hybridized carbons (Fsp3) is 0.214. The lowest BCUT2D eigenvalue weighted by Crippen LogP contribution is -2.44. The standard InChI is InChI=1S/C42H44N6O4S4/c1-30(49)46-34-18-13-32(14-19-34)8-7-25-53-38-11-5-3-9-36(38)45-28-40(51)43-23-26-54-55-27-24-44-41(52)29-48-37-10-4-6-12-39(37)56-42(48)22-17-33-15-20-35(21-16-33)47-31(2)50/h3-22,45H,23-29H2,1-2H3,(H3,43,44,46,49,51,52)/p+1/b8-7+. The SMILES string of the molecule is CC(=O)Nc1ccc(/C=C/CSc2ccccc2NCC(=O)NCCSSCCNC(=O)C[n+]2c(/C=C/c3ccc(NC(C)=O)cc3)sc3ccccc32)cc1. The smallest absolute Gasteiger partial charge is 0.286 e. The Bertz CT molecular complexity index is 2150. The van der Waals surface area contributed by atoms with Gasteiger partial charge < -0.3 is 26.6 Å². The van der Waals surface area contributed by atoms with E-state index in [1.54, 1.807) is 44.7 Å². The molecule has 5 N–H and O–H groups in total. The Morgan fingerprint density at radius 3 is 1.93 bits per heavy atom. The van der Waals surface area contributed by atoms with E-state index >= 15 is 0 Å². The molecule has 5 rings (SSSR count). The molecular weight excluding hydrogens is 781 g/mol. The molecule has 0 aliphatic carbocycles. The van der Waals surface area contributed by atoms with Gasteiger partial charge in [0.2, 0.25) is 29.8 Å². The van der Waals surface area contributed by atoms with Crippen molar-refractivity contribution in [3.05, 3.63) is 119 Å². The molecule has 14 heteroatoms. The van der Waals surface area contributed by atoms with Crippen molar-refractivity contribution in [2.24, 2.45) is 0 Å². The predicted octanol–water partition coefficient (Wildman–Crippen LogP) is 7.81. The maximum atomic E-state index is 13.0. The Labute approximate surface area is 343 Å². The number of nitrogens with zero attached hydrogens (tertiary/aromatic N) is 1. The molecule has 0 radical (unpaired) electrons. The first-order chi connectivity index (χ1) is 27.2. The Morgan fingerprint density at radius 2 is 1.27 bits per heavy atom. The first-order valence-electron chi connectivity index (χ1n) is 18.0. The van der Waals surface area contributed by atoms with Crippen molar-refractivity contribution in [3.8, 4) is 0 Å². The number of benzene rings is 4. The summed E-state index contributed by atoms with van der Waals surface area (Å²) >= 11 is 3.31. The molecule has 0 bridgehead atoms. The number of thiazole rings is 1. The summed E-state index contributed by atoms with van der Waals surface area (Å²) in [6, 6.07) is 31.3. The van der Waals surface area contributed by atoms with Gasteiger partial charge in [-0.2, -0.15) is 4.57 Å². The Kier molecular flexibility index (Phi) is 16.9. The molecule has 1 aromatic heterocycles. The fourth-order valence-corrected chi connectivity index (χ4v) is 9.07. The molecule has 0 saturated carbocycles. The number of thioether (sulfide) groups is 1. The minimum atomic E-state index is -0.110. The van der Waals surface area contributed by atoms with E-state index < -0.39 is 0 Å². The lowest BCUT2D eigenvalue weighted by atomic mass is 10.2. The summed E-state index contributed by atoms with van der Waals surface area (Å²) in [5, 5.41) is 15.8. The zero-order chi connectivity index (χ0) is 39.5. The van der Waals surface area contributed by atoms with E-state index in [-0.39, 0.29) is 36.7 Å². The lowest BCUT2D eigenvalue weighted by molar-refractivity contribution is -0.655. The second-order valence-electron chi connectivity index (χ2n) is 12.3. The first-order valence-corrected chi connectivity index (χ1v) is 22.3. The number of anilines is 3. The van der Waals surface area contributed by atoms with Crippen LogP contribution in [-0.4, -0.2) is 60.5 Å². The lowest BCUT2D eigenvalue weighted by Gasteiger charge is -2.11. The quantitative estimate of drug-likeness (QED) is 0.0233. The molecule has 0 saturated heterocycles. The number of amides is 4. The molecule has 56 heavy (non-hydrogen) atoms. The third-order valence-electron chi connectivity index (χ3n) is 7.89. The minimum Gasteiger partial charge on any atom is -0.375 e. The van der Waals surface area contributed by atoms with Crippen LogP contribution in [0.15, 0.2) is 108 Å². The predicted molar refractivity (Wildman–Crippen MR) is 238 cm³/mol. The van der Waals surface area contributed by atoms with E-state index in [2.05, 4.69) is 38.7 Å². The third-order valence-corrected chi connectivity index (χ3v) is 12.5. The van der Waals surface area contributed by atoms with Crippen molar-refractivity contribution >= 4 is 114 Å². The number of rotatable bonds is 20. The molecular formula is C42H45N6O4S4+. The largest absolute Gasteiger partial charge is 0.375 e. The van der Waals surface area contributed by atoms with Gasteiger partial charge in [0, 0.05) is 78.3 Å². The molecule has 0 atom stereocenters. The van der Waals surface area contributed by atoms with Gasteiger partial charge in [0.25, 0.3) is 10.9 Å². The van der Waals surface area contributed by atoms with Gasteiger partial charge in [-0.3, -0.25) is 19.2 Å². The maximum Gasteiger partial charge on any atom is 0.286 e. The Hall–Kier alpha value is -5.02. The molecule has 0 aliphatic rings. The van der Waals surface area contributed by atoms with Gasteiger partial charge >= 0.3 is 0 Å². The number of hydrogen-bond acceptors (Lipinski definition) is 9. The van der Waals surface area contributed by atoms with E-state index in [1.807, 2.05) is 114 Å². The minimum absolute atomic E-state index is 0.0545. The van der Waals surface area contributed by atoms with Crippen molar-refractivity contribution in [2.45, 2.75) is 25.3 Å². The van der Waals surface area contributed by atoms with Gasteiger partial charge in [-0.15, -0.1) is 11.8 Å². The van der Waals surface area contributed by atoms with Crippen molar-refractivity contribution in [1.29, 1.82) is 0 Å². The highest BCUT2D eigenvalue weighted by Crippen LogP contribution is 2.27. The summed E-state index contributed by atoms with van der Waals surface area (Å²) in [5.41, 5.74) is 5.48. The number of hydrogen-bond donors (Lipinski definition) is 5. The van der Waals surface area contributed by atoms with E-state index in [0.29, 0.717) is 13.1 Å². The number of aromatic nitrogens is 1. The van der Waals surface area contributed by atoms with E-state index in [1.165, 1.54) is 13.8 Å². The van der Waals surface area contributed by atoms with Crippen LogP contribution in [0.2, 0.25) is 0 Å². The van der Waals surface area contributed by atoms with Crippen LogP contribution in [-0.2, 0) is 25.7 Å². The molecule has 1 heterocycles. The summed E-state index contributed by atoms with van der Waals surface area (Å²) < 4.78 is 3.14. The summed E-state index contributed by atoms with van der Waals surface area (Å²) in [5.74, 6) is 1.93. The van der Waals surface area contributed by atoms with Crippen LogP contribution in [0.4, 0.5) is 17.1 Å². The highest BCUT2D eigenvalue weighted by Gasteiger charge is 2.21. The maximum absolute atomic E-state index is 13.0. The molecule has 290 valence electrons. The fourth-order valence-electron chi connectivity index (χ4n) is 5.35. The van der Waals surface area contributed by atoms with Crippen LogP contribution in [0.1, 0.15) is 30.0 Å². The summed E-state index contributed by atoms with van der Waals surface area (Å²) in [6.07, 6.45) is 8.16. The van der Waals surface area contributed by atoms with E-state index in [4.69, 9.17) is 0 Å². The highest BCUT2D eigenvalue weighted by molar-refractivity contribution is 8.76. The van der Waals surface area contributed by atoms with Crippen LogP contribution in [0.5, 0.6) is 0 Å². The monoisotopic (exact) mass is 825 g/mol. The second kappa shape index (κ2) is 22.5. The number of fused-ring (bicyclic) bond motifs is 1. The van der Waals surface area contributed by atoms with Gasteiger partial charge in [0.05, 0.1) is 6.54 Å². The van der Waals surface area contributed by atoms with E-state index in [9.17, 15) is 19.2 Å². The third kappa shape index (κ3) is 14.2.